The minimum absolute atomic E-state index is 1.12. The van der Waals surface area contributed by atoms with Gasteiger partial charge in [0, 0.05) is 64.6 Å². The fraction of sp³-hybridized carbons (Fsp3) is 0.0448. The lowest BCUT2D eigenvalue weighted by molar-refractivity contribution is 1.28. The molecule has 0 bridgehead atoms. The monoisotopic (exact) mass is 1060 g/mol. The predicted molar refractivity (Wildman–Crippen MR) is 318 cm³/mol. The van der Waals surface area contributed by atoms with Crippen LogP contribution in [0.2, 0.25) is 0 Å². The number of halogens is 2. The molecular formula is C67H53Br2N3. The molecule has 0 saturated carbocycles. The molecule has 0 unspecified atom stereocenters. The maximum Gasteiger partial charge on any atom is 0.0619 e. The lowest BCUT2D eigenvalue weighted by Crippen LogP contribution is -2.14. The maximum absolute atomic E-state index is 3.70. The van der Waals surface area contributed by atoms with Crippen LogP contribution in [0.3, 0.4) is 0 Å². The van der Waals surface area contributed by atoms with E-state index < -0.39 is 0 Å². The second-order valence-electron chi connectivity index (χ2n) is 17.9. The van der Waals surface area contributed by atoms with Gasteiger partial charge in [-0.1, -0.05) is 188 Å². The highest BCUT2D eigenvalue weighted by atomic mass is 79.9. The molecule has 350 valence electrons. The molecule has 0 spiro atoms. The molecule has 0 aliphatic heterocycles. The van der Waals surface area contributed by atoms with Gasteiger partial charge in [0.25, 0.3) is 0 Å². The smallest absolute Gasteiger partial charge is 0.0619 e. The Hall–Kier alpha value is -7.96. The van der Waals surface area contributed by atoms with Gasteiger partial charge in [-0.3, -0.25) is 0 Å². The number of hydrogen-bond acceptors (Lipinski definition) is 3. The number of nitrogens with one attached hydrogen (secondary N) is 1. The van der Waals surface area contributed by atoms with Crippen molar-refractivity contribution < 1.29 is 0 Å². The Bertz CT molecular complexity index is 3480. The highest BCUT2D eigenvalue weighted by molar-refractivity contribution is 9.11. The number of aryl methyl sites for hydroxylation is 3. The van der Waals surface area contributed by atoms with Gasteiger partial charge in [-0.25, -0.2) is 0 Å². The number of fused-ring (bicyclic) bond motifs is 4. The second-order valence-corrected chi connectivity index (χ2v) is 19.5. The minimum atomic E-state index is 1.12. The van der Waals surface area contributed by atoms with Gasteiger partial charge < -0.3 is 15.1 Å². The van der Waals surface area contributed by atoms with Crippen LogP contribution in [0.15, 0.2) is 270 Å². The van der Waals surface area contributed by atoms with Crippen molar-refractivity contribution >= 4 is 120 Å². The van der Waals surface area contributed by atoms with Crippen LogP contribution in [-0.2, 0) is 0 Å². The molecule has 0 fully saturated rings. The van der Waals surface area contributed by atoms with Crippen LogP contribution in [0.1, 0.15) is 16.7 Å². The standard InChI is InChI=1S/C40H32N2.C14H8Br2.C13H13N/c1-29-15-13-21-33(27-29)41(31-17-5-3-6-18-31)39-35-23-9-11-25-37(35)40(38-26-12-10-24-36(38)39)42(32-19-7-4-8-20-32)34-22-14-16-30(2)28-34;15-13-9-5-1-2-6-10(9)14(16)12-8-4-3-7-11(12)13;1-11-6-5-9-13(10-11)14-12-7-3-2-4-8-12/h3-28H,1-2H3;1-8H;2-10,14H,1H3. The van der Waals surface area contributed by atoms with Crippen LogP contribution in [0.5, 0.6) is 0 Å². The maximum atomic E-state index is 3.70. The zero-order chi connectivity index (χ0) is 49.4. The average molecular weight is 1060 g/mol. The lowest BCUT2D eigenvalue weighted by Gasteiger charge is -2.33. The highest BCUT2D eigenvalue weighted by Crippen LogP contribution is 2.51. The van der Waals surface area contributed by atoms with E-state index in [0.29, 0.717) is 0 Å². The van der Waals surface area contributed by atoms with Crippen LogP contribution < -0.4 is 15.1 Å². The molecule has 12 aromatic carbocycles. The first-order valence-corrected chi connectivity index (χ1v) is 25.8. The Balaban J connectivity index is 0.000000161. The summed E-state index contributed by atoms with van der Waals surface area (Å²) in [6, 6.07) is 92.0. The molecular weight excluding hydrogens is 1010 g/mol. The zero-order valence-electron chi connectivity index (χ0n) is 40.5. The van der Waals surface area contributed by atoms with Crippen molar-refractivity contribution in [3.63, 3.8) is 0 Å². The molecule has 0 aliphatic carbocycles. The Morgan fingerprint density at radius 2 is 0.542 bits per heavy atom. The zero-order valence-corrected chi connectivity index (χ0v) is 43.6. The summed E-state index contributed by atoms with van der Waals surface area (Å²) in [7, 11) is 0. The van der Waals surface area contributed by atoms with Crippen LogP contribution in [0.4, 0.5) is 45.5 Å². The van der Waals surface area contributed by atoms with E-state index in [4.69, 9.17) is 0 Å². The molecule has 12 aromatic rings. The first-order chi connectivity index (χ1) is 35.3. The third-order valence-corrected chi connectivity index (χ3v) is 14.5. The van der Waals surface area contributed by atoms with Gasteiger partial charge in [-0.05, 0) is 164 Å². The molecule has 72 heavy (non-hydrogen) atoms. The predicted octanol–water partition coefficient (Wildman–Crippen LogP) is 20.8. The summed E-state index contributed by atoms with van der Waals surface area (Å²) in [5.41, 5.74) is 12.9. The van der Waals surface area contributed by atoms with Crippen molar-refractivity contribution in [3.8, 4) is 0 Å². The van der Waals surface area contributed by atoms with Crippen molar-refractivity contribution in [2.24, 2.45) is 0 Å². The highest BCUT2D eigenvalue weighted by Gasteiger charge is 2.25. The summed E-state index contributed by atoms with van der Waals surface area (Å²) in [6.07, 6.45) is 0. The quantitative estimate of drug-likeness (QED) is 0.121. The topological polar surface area (TPSA) is 18.5 Å². The van der Waals surface area contributed by atoms with E-state index in [1.54, 1.807) is 0 Å². The number of para-hydroxylation sites is 3. The summed E-state index contributed by atoms with van der Waals surface area (Å²) >= 11 is 7.39. The second kappa shape index (κ2) is 22.0. The Labute approximate surface area is 439 Å². The molecule has 5 heteroatoms. The van der Waals surface area contributed by atoms with E-state index >= 15 is 0 Å². The number of benzene rings is 12. The molecule has 0 atom stereocenters. The van der Waals surface area contributed by atoms with Gasteiger partial charge >= 0.3 is 0 Å². The van der Waals surface area contributed by atoms with E-state index in [0.717, 1.165) is 34.1 Å². The van der Waals surface area contributed by atoms with Crippen LogP contribution in [-0.4, -0.2) is 0 Å². The number of hydrogen-bond donors (Lipinski definition) is 1. The third kappa shape index (κ3) is 10.3. The number of anilines is 8. The largest absolute Gasteiger partial charge is 0.356 e. The van der Waals surface area contributed by atoms with E-state index in [9.17, 15) is 0 Å². The van der Waals surface area contributed by atoms with Gasteiger partial charge in [0.2, 0.25) is 0 Å². The van der Waals surface area contributed by atoms with Gasteiger partial charge in [-0.15, -0.1) is 0 Å². The summed E-state index contributed by atoms with van der Waals surface area (Å²) in [4.78, 5) is 4.84. The molecule has 1 N–H and O–H groups in total. The van der Waals surface area contributed by atoms with E-state index in [1.165, 1.54) is 80.1 Å². The molecule has 0 amide bonds. The van der Waals surface area contributed by atoms with Crippen molar-refractivity contribution in [1.82, 2.24) is 0 Å². The molecule has 3 nitrogen and oxygen atoms in total. The van der Waals surface area contributed by atoms with Gasteiger partial charge in [0.1, 0.15) is 0 Å². The van der Waals surface area contributed by atoms with E-state index in [2.05, 4.69) is 310 Å². The normalized spacial score (nSPS) is 10.8. The molecule has 0 aliphatic rings. The fourth-order valence-corrected chi connectivity index (χ4v) is 10.9. The molecule has 0 saturated heterocycles. The van der Waals surface area contributed by atoms with Gasteiger partial charge in [0.05, 0.1) is 11.4 Å². The summed E-state index contributed by atoms with van der Waals surface area (Å²) in [5.74, 6) is 0. The number of nitrogens with zero attached hydrogens (tertiary/aromatic N) is 2. The van der Waals surface area contributed by atoms with Crippen molar-refractivity contribution in [1.29, 1.82) is 0 Å². The van der Waals surface area contributed by atoms with E-state index in [-0.39, 0.29) is 0 Å². The molecule has 0 heterocycles. The van der Waals surface area contributed by atoms with Gasteiger partial charge in [0.15, 0.2) is 0 Å². The van der Waals surface area contributed by atoms with Crippen LogP contribution >= 0.6 is 31.9 Å². The van der Waals surface area contributed by atoms with Crippen molar-refractivity contribution in [2.75, 3.05) is 15.1 Å². The van der Waals surface area contributed by atoms with Crippen molar-refractivity contribution in [3.05, 3.63) is 286 Å². The summed E-state index contributed by atoms with van der Waals surface area (Å²) in [5, 5.41) is 13.1. The van der Waals surface area contributed by atoms with Gasteiger partial charge in [-0.2, -0.15) is 0 Å². The Morgan fingerprint density at radius 1 is 0.264 bits per heavy atom. The molecule has 0 aromatic heterocycles. The molecule has 0 radical (unpaired) electrons. The minimum Gasteiger partial charge on any atom is -0.356 e. The summed E-state index contributed by atoms with van der Waals surface area (Å²) < 4.78 is 2.34. The molecule has 12 rings (SSSR count). The lowest BCUT2D eigenvalue weighted by atomic mass is 9.95. The van der Waals surface area contributed by atoms with E-state index in [1.807, 2.05) is 18.2 Å². The third-order valence-electron chi connectivity index (χ3n) is 12.8. The first-order valence-electron chi connectivity index (χ1n) is 24.2. The van der Waals surface area contributed by atoms with Crippen molar-refractivity contribution in [2.45, 2.75) is 20.8 Å². The average Bonchev–Trinajstić information content (AvgIpc) is 3.42. The summed E-state index contributed by atoms with van der Waals surface area (Å²) in [6.45, 7) is 6.41. The number of rotatable bonds is 8. The fourth-order valence-electron chi connectivity index (χ4n) is 9.50. The van der Waals surface area contributed by atoms with Crippen LogP contribution in [0, 0.1) is 20.8 Å². The SMILES string of the molecule is Brc1c2ccccc2c(Br)c2ccccc12.Cc1cccc(N(c2ccccc2)c2c3ccccc3c(N(c3ccccc3)c3cccc(C)c3)c3ccccc23)c1.Cc1cccc(Nc2ccccc2)c1. The Morgan fingerprint density at radius 3 is 0.889 bits per heavy atom. The van der Waals surface area contributed by atoms with Crippen LogP contribution in [0.25, 0.3) is 43.1 Å². The first kappa shape index (κ1) is 47.7. The Kier molecular flexibility index (Phi) is 14.6.